The molecular weight excluding hydrogens is 669 g/mol. The van der Waals surface area contributed by atoms with Crippen LogP contribution < -0.4 is 0 Å². The highest BCUT2D eigenvalue weighted by molar-refractivity contribution is 6.36. The van der Waals surface area contributed by atoms with Gasteiger partial charge in [0, 0.05) is 49.1 Å². The highest BCUT2D eigenvalue weighted by Crippen LogP contribution is 2.45. The van der Waals surface area contributed by atoms with Crippen LogP contribution in [0.1, 0.15) is 0 Å². The SMILES string of the molecule is c1ccc2c(c1)ccc1c2c2ccccc2c2c1c1ccccc1n2-c1ccc(-n2c3ccccc3c3c4ccc5oc6ccccc6c5c4ccc32)cc1. The van der Waals surface area contributed by atoms with Gasteiger partial charge in [0.05, 0.1) is 22.1 Å². The van der Waals surface area contributed by atoms with Crippen LogP contribution in [0.15, 0.2) is 186 Å². The molecule has 0 aliphatic heterocycles. The molecule has 0 radical (unpaired) electrons. The Kier molecular flexibility index (Phi) is 5.63. The molecule has 3 heteroatoms. The average Bonchev–Trinajstić information content (AvgIpc) is 3.92. The van der Waals surface area contributed by atoms with Gasteiger partial charge < -0.3 is 13.6 Å². The van der Waals surface area contributed by atoms with Crippen molar-refractivity contribution >= 4 is 109 Å². The number of hydrogen-bond donors (Lipinski definition) is 0. The van der Waals surface area contributed by atoms with Gasteiger partial charge in [-0.2, -0.15) is 0 Å². The van der Waals surface area contributed by atoms with Crippen LogP contribution in [0.2, 0.25) is 0 Å². The van der Waals surface area contributed by atoms with Gasteiger partial charge in [-0.25, -0.2) is 0 Å². The minimum absolute atomic E-state index is 0.922. The lowest BCUT2D eigenvalue weighted by molar-refractivity contribution is 0.669. The molecule has 0 aliphatic carbocycles. The summed E-state index contributed by atoms with van der Waals surface area (Å²) in [5.74, 6) is 0. The van der Waals surface area contributed by atoms with Crippen LogP contribution >= 0.6 is 0 Å². The molecule has 13 aromatic rings. The summed E-state index contributed by atoms with van der Waals surface area (Å²) in [5, 5.41) is 17.6. The summed E-state index contributed by atoms with van der Waals surface area (Å²) in [6.07, 6.45) is 0. The Labute approximate surface area is 314 Å². The van der Waals surface area contributed by atoms with Crippen LogP contribution in [0.25, 0.3) is 120 Å². The largest absolute Gasteiger partial charge is 0.456 e. The van der Waals surface area contributed by atoms with Crippen LogP contribution in [0.5, 0.6) is 0 Å². The molecule has 254 valence electrons. The Hall–Kier alpha value is -7.36. The van der Waals surface area contributed by atoms with Gasteiger partial charge in [-0.05, 0) is 98.4 Å². The van der Waals surface area contributed by atoms with Gasteiger partial charge in [0.15, 0.2) is 0 Å². The lowest BCUT2D eigenvalue weighted by atomic mass is 9.93. The third-order valence-electron chi connectivity index (χ3n) is 12.1. The van der Waals surface area contributed by atoms with E-state index in [0.29, 0.717) is 0 Å². The molecule has 3 nitrogen and oxygen atoms in total. The molecule has 55 heavy (non-hydrogen) atoms. The molecule has 0 fully saturated rings. The lowest BCUT2D eigenvalue weighted by Crippen LogP contribution is -1.98. The fourth-order valence-corrected chi connectivity index (χ4v) is 9.84. The second kappa shape index (κ2) is 10.6. The first-order chi connectivity index (χ1) is 27.3. The van der Waals surface area contributed by atoms with Crippen LogP contribution in [0.4, 0.5) is 0 Å². The zero-order valence-electron chi connectivity index (χ0n) is 29.6. The number of benzene rings is 10. The highest BCUT2D eigenvalue weighted by atomic mass is 16.3. The summed E-state index contributed by atoms with van der Waals surface area (Å²) in [6.45, 7) is 0. The van der Waals surface area contributed by atoms with E-state index in [-0.39, 0.29) is 0 Å². The third kappa shape index (κ3) is 3.79. The van der Waals surface area contributed by atoms with E-state index >= 15 is 0 Å². The van der Waals surface area contributed by atoms with Crippen molar-refractivity contribution in [2.24, 2.45) is 0 Å². The van der Waals surface area contributed by atoms with Crippen LogP contribution in [0.3, 0.4) is 0 Å². The lowest BCUT2D eigenvalue weighted by Gasteiger charge is -2.14. The summed E-state index contributed by atoms with van der Waals surface area (Å²) in [4.78, 5) is 0. The molecule has 0 atom stereocenters. The number of fused-ring (bicyclic) bond motifs is 19. The molecule has 13 rings (SSSR count). The average molecular weight is 699 g/mol. The van der Waals surface area contributed by atoms with E-state index in [1.807, 2.05) is 6.07 Å². The molecule has 0 aliphatic rings. The molecule has 0 saturated carbocycles. The Balaban J connectivity index is 1.07. The van der Waals surface area contributed by atoms with E-state index in [0.717, 1.165) is 27.9 Å². The van der Waals surface area contributed by atoms with E-state index in [1.165, 1.54) is 92.1 Å². The van der Waals surface area contributed by atoms with Crippen molar-refractivity contribution in [2.75, 3.05) is 0 Å². The zero-order valence-corrected chi connectivity index (χ0v) is 29.6. The molecule has 0 spiro atoms. The summed E-state index contributed by atoms with van der Waals surface area (Å²) in [5.41, 5.74) is 8.95. The van der Waals surface area contributed by atoms with Gasteiger partial charge in [-0.1, -0.05) is 121 Å². The monoisotopic (exact) mass is 698 g/mol. The Bertz CT molecular complexity index is 3760. The van der Waals surface area contributed by atoms with Crippen molar-refractivity contribution < 1.29 is 4.42 Å². The number of para-hydroxylation sites is 3. The van der Waals surface area contributed by atoms with Gasteiger partial charge in [-0.3, -0.25) is 0 Å². The van der Waals surface area contributed by atoms with Crippen molar-refractivity contribution in [3.05, 3.63) is 182 Å². The number of furan rings is 1. The van der Waals surface area contributed by atoms with Gasteiger partial charge in [-0.15, -0.1) is 0 Å². The number of nitrogens with zero attached hydrogens (tertiary/aromatic N) is 2. The van der Waals surface area contributed by atoms with E-state index in [2.05, 4.69) is 185 Å². The summed E-state index contributed by atoms with van der Waals surface area (Å²) in [7, 11) is 0. The Morgan fingerprint density at radius 1 is 0.273 bits per heavy atom. The molecule has 0 N–H and O–H groups in total. The first-order valence-corrected chi connectivity index (χ1v) is 18.9. The van der Waals surface area contributed by atoms with Gasteiger partial charge in [0.1, 0.15) is 11.2 Å². The number of hydrogen-bond acceptors (Lipinski definition) is 1. The van der Waals surface area contributed by atoms with E-state index in [1.54, 1.807) is 0 Å². The van der Waals surface area contributed by atoms with Crippen LogP contribution in [-0.2, 0) is 0 Å². The van der Waals surface area contributed by atoms with E-state index in [4.69, 9.17) is 4.42 Å². The molecule has 3 heterocycles. The minimum atomic E-state index is 0.922. The van der Waals surface area contributed by atoms with Crippen molar-refractivity contribution in [2.45, 2.75) is 0 Å². The fourth-order valence-electron chi connectivity index (χ4n) is 9.84. The van der Waals surface area contributed by atoms with Crippen LogP contribution in [-0.4, -0.2) is 9.13 Å². The quantitative estimate of drug-likeness (QED) is 0.165. The molecule has 3 aromatic heterocycles. The van der Waals surface area contributed by atoms with Crippen molar-refractivity contribution in [3.63, 3.8) is 0 Å². The molecule has 0 amide bonds. The standard InChI is InChI=1S/C52H30N2O/c1-2-12-34-31(11-1)21-26-42-48(34)35-13-3-4-14-38(35)52-51(42)40-16-6-9-19-44(40)54(52)33-24-22-32(23-25-33)53-43-18-8-5-15-39(43)49-36-28-30-47-50(37(36)27-29-45(49)53)41-17-7-10-20-46(41)55-47/h1-30H. The number of aromatic nitrogens is 2. The normalized spacial score (nSPS) is 12.4. The van der Waals surface area contributed by atoms with Crippen molar-refractivity contribution in [3.8, 4) is 11.4 Å². The first-order valence-electron chi connectivity index (χ1n) is 18.9. The predicted molar refractivity (Wildman–Crippen MR) is 232 cm³/mol. The van der Waals surface area contributed by atoms with Gasteiger partial charge in [0.2, 0.25) is 0 Å². The van der Waals surface area contributed by atoms with E-state index < -0.39 is 0 Å². The van der Waals surface area contributed by atoms with Gasteiger partial charge >= 0.3 is 0 Å². The van der Waals surface area contributed by atoms with Crippen molar-refractivity contribution in [1.82, 2.24) is 9.13 Å². The maximum atomic E-state index is 6.28. The highest BCUT2D eigenvalue weighted by Gasteiger charge is 2.21. The molecule has 0 bridgehead atoms. The third-order valence-corrected chi connectivity index (χ3v) is 12.1. The molecular formula is C52H30N2O. The Morgan fingerprint density at radius 3 is 1.62 bits per heavy atom. The molecule has 0 saturated heterocycles. The maximum absolute atomic E-state index is 6.28. The predicted octanol–water partition coefficient (Wildman–Crippen LogP) is 14.4. The fraction of sp³-hybridized carbons (Fsp3) is 0. The van der Waals surface area contributed by atoms with Crippen LogP contribution in [0, 0.1) is 0 Å². The van der Waals surface area contributed by atoms with Gasteiger partial charge in [0.25, 0.3) is 0 Å². The summed E-state index contributed by atoms with van der Waals surface area (Å²) >= 11 is 0. The first kappa shape index (κ1) is 29.1. The smallest absolute Gasteiger partial charge is 0.136 e. The van der Waals surface area contributed by atoms with E-state index in [9.17, 15) is 0 Å². The maximum Gasteiger partial charge on any atom is 0.136 e. The summed E-state index contributed by atoms with van der Waals surface area (Å²) < 4.78 is 11.2. The number of rotatable bonds is 2. The molecule has 10 aromatic carbocycles. The minimum Gasteiger partial charge on any atom is -0.456 e. The second-order valence-corrected chi connectivity index (χ2v) is 14.8. The van der Waals surface area contributed by atoms with Crippen molar-refractivity contribution in [1.29, 1.82) is 0 Å². The second-order valence-electron chi connectivity index (χ2n) is 14.8. The summed E-state index contributed by atoms with van der Waals surface area (Å²) in [6, 6.07) is 66.5. The zero-order chi connectivity index (χ0) is 35.8. The topological polar surface area (TPSA) is 23.0 Å². The Morgan fingerprint density at radius 2 is 0.818 bits per heavy atom. The molecule has 0 unspecified atom stereocenters.